The third-order valence-corrected chi connectivity index (χ3v) is 5.66. The van der Waals surface area contributed by atoms with E-state index in [4.69, 9.17) is 9.25 Å². The average Bonchev–Trinajstić information content (AvgIpc) is 3.18. The van der Waals surface area contributed by atoms with Crippen molar-refractivity contribution in [3.05, 3.63) is 32.4 Å². The van der Waals surface area contributed by atoms with Gasteiger partial charge in [0, 0.05) is 6.07 Å². The summed E-state index contributed by atoms with van der Waals surface area (Å²) in [6.07, 6.45) is 11.9. The predicted molar refractivity (Wildman–Crippen MR) is 102 cm³/mol. The molecular formula is C20H25N3O4. The third-order valence-electron chi connectivity index (χ3n) is 5.66. The van der Waals surface area contributed by atoms with Gasteiger partial charge < -0.3 is 9.25 Å². The lowest BCUT2D eigenvalue weighted by atomic mass is 9.97. The van der Waals surface area contributed by atoms with E-state index < -0.39 is 5.63 Å². The van der Waals surface area contributed by atoms with E-state index >= 15 is 0 Å². The number of aryl methyl sites for hydroxylation is 1. The highest BCUT2D eigenvalue weighted by atomic mass is 16.6. The van der Waals surface area contributed by atoms with E-state index in [9.17, 15) is 9.59 Å². The van der Waals surface area contributed by atoms with Crippen LogP contribution in [0, 0.1) is 5.92 Å². The molecule has 0 radical (unpaired) electrons. The van der Waals surface area contributed by atoms with E-state index in [1.54, 1.807) is 0 Å². The van der Waals surface area contributed by atoms with Crippen LogP contribution in [-0.4, -0.2) is 15.7 Å². The molecule has 0 unspecified atom stereocenters. The van der Waals surface area contributed by atoms with Crippen LogP contribution in [0.25, 0.3) is 11.1 Å². The number of aromatic amines is 1. The first-order chi connectivity index (χ1) is 13.2. The number of H-pyrrole nitrogens is 1. The smallest absolute Gasteiger partial charge is 0.337 e. The lowest BCUT2D eigenvalue weighted by molar-refractivity contribution is 0.307. The maximum absolute atomic E-state index is 12.6. The van der Waals surface area contributed by atoms with Gasteiger partial charge in [-0.1, -0.05) is 37.3 Å². The molecule has 0 saturated heterocycles. The Hall–Kier alpha value is -2.44. The van der Waals surface area contributed by atoms with Gasteiger partial charge in [0.1, 0.15) is 5.39 Å². The number of nitrogens with one attached hydrogen (secondary N) is 1. The summed E-state index contributed by atoms with van der Waals surface area (Å²) < 4.78 is 5.17. The van der Waals surface area contributed by atoms with Crippen molar-refractivity contribution in [2.24, 2.45) is 11.1 Å². The average molecular weight is 371 g/mol. The van der Waals surface area contributed by atoms with Crippen LogP contribution in [0.3, 0.4) is 0 Å². The Morgan fingerprint density at radius 2 is 1.93 bits per heavy atom. The molecule has 144 valence electrons. The molecule has 0 spiro atoms. The summed E-state index contributed by atoms with van der Waals surface area (Å²) in [7, 11) is 0. The molecule has 0 amide bonds. The van der Waals surface area contributed by atoms with E-state index in [0.717, 1.165) is 37.8 Å². The maximum Gasteiger partial charge on any atom is 0.337 e. The number of rotatable bonds is 5. The summed E-state index contributed by atoms with van der Waals surface area (Å²) in [4.78, 5) is 36.6. The minimum Gasteiger partial charge on any atom is -0.403 e. The van der Waals surface area contributed by atoms with Crippen molar-refractivity contribution >= 4 is 16.8 Å². The lowest BCUT2D eigenvalue weighted by Crippen LogP contribution is -2.15. The van der Waals surface area contributed by atoms with Gasteiger partial charge in [-0.05, 0) is 50.0 Å². The van der Waals surface area contributed by atoms with E-state index in [1.165, 1.54) is 38.2 Å². The summed E-state index contributed by atoms with van der Waals surface area (Å²) in [6.45, 7) is 0. The molecule has 2 fully saturated rings. The van der Waals surface area contributed by atoms with Crippen LogP contribution in [-0.2, 0) is 6.42 Å². The van der Waals surface area contributed by atoms with Crippen molar-refractivity contribution < 1.29 is 9.25 Å². The Labute approximate surface area is 156 Å². The molecule has 2 heterocycles. The molecule has 0 atom stereocenters. The molecule has 2 aromatic rings. The second-order valence-electron chi connectivity index (χ2n) is 7.64. The number of fused-ring (bicyclic) bond motifs is 1. The fourth-order valence-corrected chi connectivity index (χ4v) is 4.19. The predicted octanol–water partition coefficient (Wildman–Crippen LogP) is 3.70. The van der Waals surface area contributed by atoms with Crippen molar-refractivity contribution in [1.82, 2.24) is 9.97 Å². The van der Waals surface area contributed by atoms with Gasteiger partial charge >= 0.3 is 11.6 Å². The van der Waals surface area contributed by atoms with Gasteiger partial charge in [0.2, 0.25) is 5.71 Å². The SMILES string of the molecule is O=c1cc(CCC2CCCC2)c2c(=O)[nH]c(ON=C3CCCCC3)nc2o1. The second kappa shape index (κ2) is 8.06. The summed E-state index contributed by atoms with van der Waals surface area (Å²) in [5.41, 5.74) is 0.838. The van der Waals surface area contributed by atoms with E-state index in [1.807, 2.05) is 0 Å². The first-order valence-electron chi connectivity index (χ1n) is 9.99. The highest BCUT2D eigenvalue weighted by Gasteiger charge is 2.18. The Morgan fingerprint density at radius 1 is 1.15 bits per heavy atom. The second-order valence-corrected chi connectivity index (χ2v) is 7.64. The van der Waals surface area contributed by atoms with Crippen LogP contribution in [0.15, 0.2) is 25.2 Å². The summed E-state index contributed by atoms with van der Waals surface area (Å²) in [5, 5.41) is 4.44. The van der Waals surface area contributed by atoms with Crippen molar-refractivity contribution in [1.29, 1.82) is 0 Å². The van der Waals surface area contributed by atoms with Crippen molar-refractivity contribution in [3.63, 3.8) is 0 Å². The Balaban J connectivity index is 1.59. The molecular weight excluding hydrogens is 346 g/mol. The van der Waals surface area contributed by atoms with Crippen LogP contribution >= 0.6 is 0 Å². The molecule has 2 aromatic heterocycles. The zero-order valence-corrected chi connectivity index (χ0v) is 15.5. The zero-order valence-electron chi connectivity index (χ0n) is 15.5. The van der Waals surface area contributed by atoms with Crippen molar-refractivity contribution in [2.45, 2.75) is 70.6 Å². The Kier molecular flexibility index (Phi) is 5.36. The van der Waals surface area contributed by atoms with Crippen molar-refractivity contribution in [2.75, 3.05) is 0 Å². The number of oxime groups is 1. The Morgan fingerprint density at radius 3 is 2.70 bits per heavy atom. The fourth-order valence-electron chi connectivity index (χ4n) is 4.19. The van der Waals surface area contributed by atoms with E-state index in [-0.39, 0.29) is 17.3 Å². The molecule has 7 nitrogen and oxygen atoms in total. The van der Waals surface area contributed by atoms with Gasteiger partial charge in [-0.15, -0.1) is 0 Å². The molecule has 2 aliphatic carbocycles. The molecule has 2 aliphatic rings. The minimum absolute atomic E-state index is 0.0199. The Bertz CT molecular complexity index is 946. The molecule has 2 saturated carbocycles. The summed E-state index contributed by atoms with van der Waals surface area (Å²) in [6, 6.07) is 1.37. The lowest BCUT2D eigenvalue weighted by Gasteiger charge is -2.11. The van der Waals surface area contributed by atoms with Crippen LogP contribution < -0.4 is 16.0 Å². The standard InChI is InChI=1S/C20H25N3O4/c24-16-12-14(11-10-13-6-4-5-7-13)17-18(25)21-20(22-19(17)26-16)27-23-15-8-2-1-3-9-15/h12-13H,1-11H2,(H,21,22,25). The first kappa shape index (κ1) is 17.9. The maximum atomic E-state index is 12.6. The van der Waals surface area contributed by atoms with Gasteiger partial charge in [-0.3, -0.25) is 9.78 Å². The summed E-state index contributed by atoms with van der Waals surface area (Å²) >= 11 is 0. The molecule has 4 rings (SSSR count). The van der Waals surface area contributed by atoms with Gasteiger partial charge in [0.05, 0.1) is 5.71 Å². The van der Waals surface area contributed by atoms with Crippen LogP contribution in [0.4, 0.5) is 0 Å². The number of hydrogen-bond donors (Lipinski definition) is 1. The topological polar surface area (TPSA) is 97.5 Å². The molecule has 0 aromatic carbocycles. The highest BCUT2D eigenvalue weighted by molar-refractivity contribution is 5.84. The van der Waals surface area contributed by atoms with Crippen molar-refractivity contribution in [3.8, 4) is 6.01 Å². The third kappa shape index (κ3) is 4.28. The first-order valence-corrected chi connectivity index (χ1v) is 9.99. The fraction of sp³-hybridized carbons (Fsp3) is 0.600. The summed E-state index contributed by atoms with van der Waals surface area (Å²) in [5.74, 6) is 0.674. The van der Waals surface area contributed by atoms with E-state index in [2.05, 4.69) is 15.1 Å². The molecule has 0 aliphatic heterocycles. The molecule has 1 N–H and O–H groups in total. The molecule has 27 heavy (non-hydrogen) atoms. The van der Waals surface area contributed by atoms with Crippen LogP contribution in [0.5, 0.6) is 6.01 Å². The van der Waals surface area contributed by atoms with Gasteiger partial charge in [0.25, 0.3) is 5.56 Å². The number of nitrogens with zero attached hydrogens (tertiary/aromatic N) is 2. The number of aromatic nitrogens is 2. The molecule has 0 bridgehead atoms. The largest absolute Gasteiger partial charge is 0.403 e. The normalized spacial score (nSPS) is 18.1. The van der Waals surface area contributed by atoms with Crippen LogP contribution in [0.2, 0.25) is 0 Å². The van der Waals surface area contributed by atoms with Crippen LogP contribution in [0.1, 0.15) is 69.8 Å². The van der Waals surface area contributed by atoms with Gasteiger partial charge in [-0.2, -0.15) is 4.98 Å². The molecule has 7 heteroatoms. The minimum atomic E-state index is -0.494. The number of hydrogen-bond acceptors (Lipinski definition) is 6. The highest BCUT2D eigenvalue weighted by Crippen LogP contribution is 2.29. The van der Waals surface area contributed by atoms with Gasteiger partial charge in [0.15, 0.2) is 0 Å². The monoisotopic (exact) mass is 371 g/mol. The zero-order chi connectivity index (χ0) is 18.6. The van der Waals surface area contributed by atoms with E-state index in [0.29, 0.717) is 23.3 Å². The van der Waals surface area contributed by atoms with Gasteiger partial charge in [-0.25, -0.2) is 4.79 Å². The quantitative estimate of drug-likeness (QED) is 0.808.